The molecule has 0 unspecified atom stereocenters. The van der Waals surface area contributed by atoms with Gasteiger partial charge in [-0.1, -0.05) is 25.0 Å². The van der Waals surface area contributed by atoms with Crippen molar-refractivity contribution in [2.75, 3.05) is 5.32 Å². The van der Waals surface area contributed by atoms with E-state index in [2.05, 4.69) is 17.4 Å². The zero-order chi connectivity index (χ0) is 12.4. The van der Waals surface area contributed by atoms with Crippen LogP contribution in [0.25, 0.3) is 0 Å². The first-order valence-corrected chi connectivity index (χ1v) is 7.77. The molecule has 0 atom stereocenters. The molecule has 0 saturated heterocycles. The van der Waals surface area contributed by atoms with Crippen LogP contribution < -0.4 is 5.32 Å². The van der Waals surface area contributed by atoms with Crippen molar-refractivity contribution in [2.24, 2.45) is 5.92 Å². The highest BCUT2D eigenvalue weighted by atomic mass is 32.2. The van der Waals surface area contributed by atoms with Crippen LogP contribution in [0.15, 0.2) is 29.2 Å². The zero-order valence-electron chi connectivity index (χ0n) is 10.5. The summed E-state index contributed by atoms with van der Waals surface area (Å²) in [7, 11) is 0. The van der Waals surface area contributed by atoms with Crippen LogP contribution in [-0.2, 0) is 4.79 Å². The molecule has 1 aromatic carbocycles. The Labute approximate surface area is 113 Å². The van der Waals surface area contributed by atoms with E-state index in [0.29, 0.717) is 0 Å². The second-order valence-corrected chi connectivity index (χ2v) is 6.63. The van der Waals surface area contributed by atoms with Crippen LogP contribution in [0.4, 0.5) is 5.69 Å². The maximum absolute atomic E-state index is 11.8. The molecule has 0 spiro atoms. The topological polar surface area (TPSA) is 29.1 Å². The Bertz CT molecular complexity index is 436. The molecule has 2 aliphatic carbocycles. The predicted octanol–water partition coefficient (Wildman–Crippen LogP) is 4.07. The van der Waals surface area contributed by atoms with Crippen LogP contribution in [0, 0.1) is 5.92 Å². The molecule has 3 heteroatoms. The maximum atomic E-state index is 11.8. The molecule has 2 fully saturated rings. The summed E-state index contributed by atoms with van der Waals surface area (Å²) in [5, 5.41) is 3.83. The summed E-state index contributed by atoms with van der Waals surface area (Å²) in [6, 6.07) is 8.22. The molecule has 1 N–H and O–H groups in total. The van der Waals surface area contributed by atoms with Gasteiger partial charge in [0, 0.05) is 16.1 Å². The summed E-state index contributed by atoms with van der Waals surface area (Å²) in [4.78, 5) is 13.1. The van der Waals surface area contributed by atoms with Gasteiger partial charge < -0.3 is 5.32 Å². The monoisotopic (exact) mass is 261 g/mol. The fraction of sp³-hybridized carbons (Fsp3) is 0.533. The van der Waals surface area contributed by atoms with Crippen molar-refractivity contribution < 1.29 is 4.79 Å². The highest BCUT2D eigenvalue weighted by molar-refractivity contribution is 8.00. The number of hydrogen-bond donors (Lipinski definition) is 1. The van der Waals surface area contributed by atoms with Gasteiger partial charge in [0.2, 0.25) is 5.91 Å². The number of amides is 1. The lowest BCUT2D eigenvalue weighted by Gasteiger charge is -2.13. The van der Waals surface area contributed by atoms with Crippen LogP contribution in [0.2, 0.25) is 0 Å². The van der Waals surface area contributed by atoms with Gasteiger partial charge >= 0.3 is 0 Å². The Balaban J connectivity index is 1.69. The van der Waals surface area contributed by atoms with E-state index in [9.17, 15) is 4.79 Å². The molecular weight excluding hydrogens is 242 g/mol. The molecular formula is C15H19NOS. The molecule has 3 rings (SSSR count). The van der Waals surface area contributed by atoms with Crippen LogP contribution in [0.1, 0.15) is 38.5 Å². The van der Waals surface area contributed by atoms with Gasteiger partial charge in [-0.2, -0.15) is 0 Å². The van der Waals surface area contributed by atoms with Gasteiger partial charge in [-0.25, -0.2) is 0 Å². The van der Waals surface area contributed by atoms with Crippen LogP contribution >= 0.6 is 11.8 Å². The number of thioether (sulfide) groups is 1. The van der Waals surface area contributed by atoms with E-state index in [1.807, 2.05) is 23.9 Å². The zero-order valence-corrected chi connectivity index (χ0v) is 11.3. The summed E-state index contributed by atoms with van der Waals surface area (Å²) in [6.45, 7) is 0. The fourth-order valence-corrected chi connectivity index (χ4v) is 3.77. The van der Waals surface area contributed by atoms with E-state index in [-0.39, 0.29) is 11.8 Å². The Morgan fingerprint density at radius 3 is 2.56 bits per heavy atom. The van der Waals surface area contributed by atoms with Gasteiger partial charge in [0.1, 0.15) is 0 Å². The Kier molecular flexibility index (Phi) is 3.59. The smallest absolute Gasteiger partial charge is 0.227 e. The molecule has 2 nitrogen and oxygen atoms in total. The molecule has 0 aliphatic heterocycles. The summed E-state index contributed by atoms with van der Waals surface area (Å²) in [5.74, 6) is 0.476. The maximum Gasteiger partial charge on any atom is 0.227 e. The van der Waals surface area contributed by atoms with Gasteiger partial charge in [0.25, 0.3) is 0 Å². The first kappa shape index (κ1) is 12.1. The normalized spacial score (nSPS) is 20.0. The first-order valence-electron chi connectivity index (χ1n) is 6.89. The van der Waals surface area contributed by atoms with E-state index >= 15 is 0 Å². The SMILES string of the molecule is O=C(Nc1ccccc1SC1CCCC1)C1CC1. The molecule has 2 aliphatic rings. The lowest BCUT2D eigenvalue weighted by molar-refractivity contribution is -0.117. The van der Waals surface area contributed by atoms with Crippen molar-refractivity contribution in [2.45, 2.75) is 48.7 Å². The summed E-state index contributed by atoms with van der Waals surface area (Å²) >= 11 is 1.94. The summed E-state index contributed by atoms with van der Waals surface area (Å²) in [6.07, 6.45) is 7.46. The minimum atomic E-state index is 0.203. The molecule has 0 aromatic heterocycles. The van der Waals surface area contributed by atoms with Crippen molar-refractivity contribution in [3.8, 4) is 0 Å². The van der Waals surface area contributed by atoms with E-state index < -0.39 is 0 Å². The van der Waals surface area contributed by atoms with E-state index in [4.69, 9.17) is 0 Å². The highest BCUT2D eigenvalue weighted by Gasteiger charge is 2.30. The van der Waals surface area contributed by atoms with Crippen molar-refractivity contribution in [3.63, 3.8) is 0 Å². The number of anilines is 1. The molecule has 0 heterocycles. The van der Waals surface area contributed by atoms with Gasteiger partial charge in [0.15, 0.2) is 0 Å². The lowest BCUT2D eigenvalue weighted by Crippen LogP contribution is -2.14. The number of benzene rings is 1. The van der Waals surface area contributed by atoms with Gasteiger partial charge in [-0.3, -0.25) is 4.79 Å². The van der Waals surface area contributed by atoms with Gasteiger partial charge in [-0.15, -0.1) is 11.8 Å². The lowest BCUT2D eigenvalue weighted by atomic mass is 10.3. The van der Waals surface area contributed by atoms with E-state index in [0.717, 1.165) is 23.8 Å². The Morgan fingerprint density at radius 1 is 1.11 bits per heavy atom. The molecule has 1 aromatic rings. The fourth-order valence-electron chi connectivity index (χ4n) is 2.44. The Morgan fingerprint density at radius 2 is 1.83 bits per heavy atom. The minimum absolute atomic E-state index is 0.203. The average molecular weight is 261 g/mol. The number of hydrogen-bond acceptors (Lipinski definition) is 2. The third kappa shape index (κ3) is 2.89. The van der Waals surface area contributed by atoms with Crippen molar-refractivity contribution in [1.29, 1.82) is 0 Å². The summed E-state index contributed by atoms with van der Waals surface area (Å²) in [5.41, 5.74) is 1.01. The third-order valence-corrected chi connectivity index (χ3v) is 5.10. The number of nitrogens with one attached hydrogen (secondary N) is 1. The van der Waals surface area contributed by atoms with Gasteiger partial charge in [-0.05, 0) is 37.8 Å². The first-order chi connectivity index (χ1) is 8.83. The van der Waals surface area contributed by atoms with Crippen molar-refractivity contribution >= 4 is 23.4 Å². The average Bonchev–Trinajstić information content (AvgIpc) is 3.11. The number of carbonyl (C=O) groups is 1. The molecule has 18 heavy (non-hydrogen) atoms. The molecule has 0 bridgehead atoms. The van der Waals surface area contributed by atoms with Crippen LogP contribution in [0.5, 0.6) is 0 Å². The number of rotatable bonds is 4. The van der Waals surface area contributed by atoms with Gasteiger partial charge in [0.05, 0.1) is 5.69 Å². The predicted molar refractivity (Wildman–Crippen MR) is 75.9 cm³/mol. The number of carbonyl (C=O) groups excluding carboxylic acids is 1. The largest absolute Gasteiger partial charge is 0.325 e. The van der Waals surface area contributed by atoms with Crippen LogP contribution in [-0.4, -0.2) is 11.2 Å². The van der Waals surface area contributed by atoms with E-state index in [1.54, 1.807) is 0 Å². The highest BCUT2D eigenvalue weighted by Crippen LogP contribution is 2.38. The quantitative estimate of drug-likeness (QED) is 0.885. The molecule has 2 saturated carbocycles. The molecule has 0 radical (unpaired) electrons. The van der Waals surface area contributed by atoms with E-state index in [1.165, 1.54) is 30.6 Å². The third-order valence-electron chi connectivity index (χ3n) is 3.69. The second-order valence-electron chi connectivity index (χ2n) is 5.28. The van der Waals surface area contributed by atoms with Crippen LogP contribution in [0.3, 0.4) is 0 Å². The standard InChI is InChI=1S/C15H19NOS/c17-15(11-9-10-11)16-13-7-3-4-8-14(13)18-12-5-1-2-6-12/h3-4,7-8,11-12H,1-2,5-6,9-10H2,(H,16,17). The molecule has 96 valence electrons. The summed E-state index contributed by atoms with van der Waals surface area (Å²) < 4.78 is 0. The molecule has 1 amide bonds. The second kappa shape index (κ2) is 5.35. The number of para-hydroxylation sites is 1. The van der Waals surface area contributed by atoms with Crippen molar-refractivity contribution in [3.05, 3.63) is 24.3 Å². The minimum Gasteiger partial charge on any atom is -0.325 e. The van der Waals surface area contributed by atoms with Crippen molar-refractivity contribution in [1.82, 2.24) is 0 Å². The Hall–Kier alpha value is -0.960.